The number of hydrogen-bond donors (Lipinski definition) is 0. The second-order valence-corrected chi connectivity index (χ2v) is 1.78. The summed E-state index contributed by atoms with van der Waals surface area (Å²) in [6.07, 6.45) is -2.22. The zero-order chi connectivity index (χ0) is 7.78. The molecule has 0 fully saturated rings. The molecule has 2 nitrogen and oxygen atoms in total. The van der Waals surface area contributed by atoms with E-state index in [1.165, 1.54) is 7.05 Å². The number of halogens is 3. The second kappa shape index (κ2) is 3.33. The summed E-state index contributed by atoms with van der Waals surface area (Å²) in [5.41, 5.74) is -0.785. The summed E-state index contributed by atoms with van der Waals surface area (Å²) >= 11 is 0. The van der Waals surface area contributed by atoms with Crippen molar-refractivity contribution in [3.05, 3.63) is 18.0 Å². The first-order valence-electron chi connectivity index (χ1n) is 2.49. The molecular formula is C5H4F3LiN2. The molecule has 0 bridgehead atoms. The molecule has 0 aliphatic rings. The standard InChI is InChI=1S/C5H4F3N2.Li/c1-10-4(2-3-9-10)5(6,7)8;/h2H,1H3;/q-1;+1. The summed E-state index contributed by atoms with van der Waals surface area (Å²) in [7, 11) is 1.22. The quantitative estimate of drug-likeness (QED) is 0.321. The Morgan fingerprint density at radius 3 is 2.27 bits per heavy atom. The van der Waals surface area contributed by atoms with Crippen LogP contribution >= 0.6 is 0 Å². The summed E-state index contributed by atoms with van der Waals surface area (Å²) in [6, 6.07) is 0.806. The van der Waals surface area contributed by atoms with Crippen LogP contribution in [0.5, 0.6) is 0 Å². The maximum absolute atomic E-state index is 11.8. The van der Waals surface area contributed by atoms with Gasteiger partial charge in [-0.1, -0.05) is 0 Å². The monoisotopic (exact) mass is 156 g/mol. The van der Waals surface area contributed by atoms with Crippen LogP contribution in [0.15, 0.2) is 6.07 Å². The molecule has 0 unspecified atom stereocenters. The first kappa shape index (κ1) is 10.6. The Morgan fingerprint density at radius 2 is 2.09 bits per heavy atom. The van der Waals surface area contributed by atoms with Crippen molar-refractivity contribution in [1.29, 1.82) is 0 Å². The Balaban J connectivity index is 0.000001000. The molecule has 0 spiro atoms. The summed E-state index contributed by atoms with van der Waals surface area (Å²) in [6.45, 7) is 0. The molecule has 1 heterocycles. The van der Waals surface area contributed by atoms with Gasteiger partial charge in [-0.15, -0.1) is 6.20 Å². The fraction of sp³-hybridized carbons (Fsp3) is 0.400. The molecule has 0 atom stereocenters. The third-order valence-corrected chi connectivity index (χ3v) is 1.05. The number of hydrogen-bond acceptors (Lipinski definition) is 1. The molecule has 0 radical (unpaired) electrons. The van der Waals surface area contributed by atoms with Crippen molar-refractivity contribution in [2.75, 3.05) is 0 Å². The molecule has 0 aromatic carbocycles. The van der Waals surface area contributed by atoms with Gasteiger partial charge in [0.2, 0.25) is 0 Å². The zero-order valence-corrected chi connectivity index (χ0v) is 6.11. The van der Waals surface area contributed by atoms with Gasteiger partial charge in [-0.05, 0) is 5.69 Å². The Kier molecular flexibility index (Phi) is 3.21. The fourth-order valence-corrected chi connectivity index (χ4v) is 0.589. The largest absolute Gasteiger partial charge is 1.00 e. The van der Waals surface area contributed by atoms with E-state index in [1.807, 2.05) is 0 Å². The molecule has 0 saturated carbocycles. The molecule has 11 heavy (non-hydrogen) atoms. The van der Waals surface area contributed by atoms with Crippen LogP contribution < -0.4 is 18.9 Å². The van der Waals surface area contributed by atoms with Gasteiger partial charge >= 0.3 is 25.0 Å². The number of aryl methyl sites for hydroxylation is 1. The normalized spacial score (nSPS) is 10.9. The van der Waals surface area contributed by atoms with E-state index in [9.17, 15) is 13.2 Å². The van der Waals surface area contributed by atoms with Gasteiger partial charge in [0.25, 0.3) is 0 Å². The van der Waals surface area contributed by atoms with Gasteiger partial charge in [0.05, 0.1) is 0 Å². The van der Waals surface area contributed by atoms with Gasteiger partial charge < -0.3 is 9.78 Å². The molecule has 1 rings (SSSR count). The maximum Gasteiger partial charge on any atom is 1.00 e. The Hall–Kier alpha value is -0.403. The van der Waals surface area contributed by atoms with E-state index in [0.717, 1.165) is 10.7 Å². The average Bonchev–Trinajstić information content (AvgIpc) is 2.11. The Bertz CT molecular complexity index is 230. The SMILES string of the molecule is Cn1n[c-]cc1C(F)(F)F.[Li+]. The van der Waals surface area contributed by atoms with Crippen molar-refractivity contribution in [3.63, 3.8) is 0 Å². The van der Waals surface area contributed by atoms with E-state index in [0.29, 0.717) is 0 Å². The van der Waals surface area contributed by atoms with Crippen LogP contribution in [0.25, 0.3) is 0 Å². The maximum atomic E-state index is 11.8. The number of aromatic nitrogens is 2. The average molecular weight is 156 g/mol. The zero-order valence-electron chi connectivity index (χ0n) is 6.11. The van der Waals surface area contributed by atoms with Gasteiger partial charge in [0, 0.05) is 7.05 Å². The molecule has 1 aromatic rings. The van der Waals surface area contributed by atoms with Crippen LogP contribution in [-0.2, 0) is 13.2 Å². The number of rotatable bonds is 0. The minimum Gasteiger partial charge on any atom is -0.360 e. The van der Waals surface area contributed by atoms with Crippen molar-refractivity contribution in [2.24, 2.45) is 7.05 Å². The van der Waals surface area contributed by atoms with Crippen molar-refractivity contribution in [2.45, 2.75) is 6.18 Å². The molecule has 0 N–H and O–H groups in total. The number of nitrogens with zero attached hydrogens (tertiary/aromatic N) is 2. The molecular weight excluding hydrogens is 152 g/mol. The van der Waals surface area contributed by atoms with Gasteiger partial charge in [-0.2, -0.15) is 19.2 Å². The van der Waals surface area contributed by atoms with Gasteiger partial charge in [0.1, 0.15) is 0 Å². The third-order valence-electron chi connectivity index (χ3n) is 1.05. The molecule has 1 aromatic heterocycles. The van der Waals surface area contributed by atoms with Gasteiger partial charge in [-0.25, -0.2) is 0 Å². The van der Waals surface area contributed by atoms with Crippen molar-refractivity contribution in [1.82, 2.24) is 9.78 Å². The summed E-state index contributed by atoms with van der Waals surface area (Å²) in [4.78, 5) is 0. The summed E-state index contributed by atoms with van der Waals surface area (Å²) in [5.74, 6) is 0. The van der Waals surface area contributed by atoms with Crippen LogP contribution in [0.3, 0.4) is 0 Å². The van der Waals surface area contributed by atoms with Crippen LogP contribution in [-0.4, -0.2) is 9.78 Å². The van der Waals surface area contributed by atoms with Crippen molar-refractivity contribution >= 4 is 0 Å². The third kappa shape index (κ3) is 2.28. The van der Waals surface area contributed by atoms with Crippen molar-refractivity contribution in [3.8, 4) is 0 Å². The minimum absolute atomic E-state index is 0. The van der Waals surface area contributed by atoms with Crippen LogP contribution in [0.4, 0.5) is 13.2 Å². The first-order chi connectivity index (χ1) is 4.52. The molecule has 0 aliphatic heterocycles. The van der Waals surface area contributed by atoms with Crippen LogP contribution in [0.2, 0.25) is 0 Å². The van der Waals surface area contributed by atoms with E-state index < -0.39 is 11.9 Å². The van der Waals surface area contributed by atoms with Crippen molar-refractivity contribution < 1.29 is 32.0 Å². The fourth-order valence-electron chi connectivity index (χ4n) is 0.589. The van der Waals surface area contributed by atoms with E-state index in [1.54, 1.807) is 0 Å². The molecule has 56 valence electrons. The molecule has 0 amide bonds. The first-order valence-corrected chi connectivity index (χ1v) is 2.49. The molecule has 0 aliphatic carbocycles. The van der Waals surface area contributed by atoms with Crippen LogP contribution in [0.1, 0.15) is 5.69 Å². The predicted molar refractivity (Wildman–Crippen MR) is 27.0 cm³/mol. The number of alkyl halides is 3. The Labute approximate surface area is 73.6 Å². The topological polar surface area (TPSA) is 17.8 Å². The van der Waals surface area contributed by atoms with Gasteiger partial charge in [0.15, 0.2) is 0 Å². The van der Waals surface area contributed by atoms with E-state index in [4.69, 9.17) is 0 Å². The molecule has 0 saturated heterocycles. The second-order valence-electron chi connectivity index (χ2n) is 1.78. The summed E-state index contributed by atoms with van der Waals surface area (Å²) in [5, 5.41) is 3.25. The smallest absolute Gasteiger partial charge is 0.360 e. The Morgan fingerprint density at radius 1 is 1.55 bits per heavy atom. The molecule has 6 heteroatoms. The van der Waals surface area contributed by atoms with Crippen LogP contribution in [0, 0.1) is 6.20 Å². The minimum atomic E-state index is -4.32. The van der Waals surface area contributed by atoms with Gasteiger partial charge in [-0.3, -0.25) is 0 Å². The van der Waals surface area contributed by atoms with E-state index in [2.05, 4.69) is 11.3 Å². The predicted octanol–water partition coefficient (Wildman–Crippen LogP) is -1.76. The van der Waals surface area contributed by atoms with E-state index >= 15 is 0 Å². The summed E-state index contributed by atoms with van der Waals surface area (Å²) < 4.78 is 36.1. The van der Waals surface area contributed by atoms with E-state index in [-0.39, 0.29) is 18.9 Å².